The summed E-state index contributed by atoms with van der Waals surface area (Å²) in [4.78, 5) is 49.9. The number of benzene rings is 2. The van der Waals surface area contributed by atoms with Crippen molar-refractivity contribution in [2.75, 3.05) is 13.6 Å². The minimum Gasteiger partial charge on any atom is -0.475 e. The number of carboxylic acid groups (broad SMARTS) is 1. The fraction of sp³-hybridized carbons (Fsp3) is 0.323. The minimum absolute atomic E-state index is 0.00938. The molecule has 3 aromatic rings. The molecule has 10 nitrogen and oxygen atoms in total. The van der Waals surface area contributed by atoms with E-state index in [1.54, 1.807) is 19.2 Å². The van der Waals surface area contributed by atoms with Crippen molar-refractivity contribution in [2.24, 2.45) is 11.1 Å². The summed E-state index contributed by atoms with van der Waals surface area (Å²) in [7, 11) is 1.58. The third kappa shape index (κ3) is 10.7. The summed E-state index contributed by atoms with van der Waals surface area (Å²) in [6.45, 7) is 3.81. The van der Waals surface area contributed by atoms with Crippen molar-refractivity contribution in [1.82, 2.24) is 4.90 Å². The summed E-state index contributed by atoms with van der Waals surface area (Å²) in [5.41, 5.74) is 5.33. The summed E-state index contributed by atoms with van der Waals surface area (Å²) < 4.78 is 56.4. The first-order valence-electron chi connectivity index (χ1n) is 13.7. The molecule has 1 amide bonds. The second-order valence-corrected chi connectivity index (χ2v) is 11.2. The first-order valence-corrected chi connectivity index (χ1v) is 14.5. The number of amidine groups is 1. The van der Waals surface area contributed by atoms with Crippen LogP contribution in [-0.2, 0) is 32.1 Å². The molecule has 0 saturated heterocycles. The molecule has 0 aliphatic rings. The van der Waals surface area contributed by atoms with Gasteiger partial charge in [0.25, 0.3) is 0 Å². The van der Waals surface area contributed by atoms with E-state index in [9.17, 15) is 31.9 Å². The molecule has 1 heterocycles. The fourth-order valence-electron chi connectivity index (χ4n) is 4.18. The number of aliphatic carboxylic acids is 1. The van der Waals surface area contributed by atoms with Crippen molar-refractivity contribution >= 4 is 41.0 Å². The van der Waals surface area contributed by atoms with Gasteiger partial charge in [0.05, 0.1) is 11.0 Å². The molecule has 0 radical (unpaired) electrons. The van der Waals surface area contributed by atoms with Gasteiger partial charge in [-0.05, 0) is 49.1 Å². The molecule has 0 aliphatic carbocycles. The van der Waals surface area contributed by atoms with Gasteiger partial charge in [0.15, 0.2) is 0 Å². The van der Waals surface area contributed by atoms with E-state index in [0.717, 1.165) is 16.5 Å². The number of thiophene rings is 1. The Labute approximate surface area is 266 Å². The molecule has 15 heteroatoms. The lowest BCUT2D eigenvalue weighted by atomic mass is 9.77. The van der Waals surface area contributed by atoms with Crippen LogP contribution in [0.3, 0.4) is 0 Å². The summed E-state index contributed by atoms with van der Waals surface area (Å²) in [6.07, 6.45) is -3.64. The highest BCUT2D eigenvalue weighted by molar-refractivity contribution is 7.14. The van der Waals surface area contributed by atoms with Gasteiger partial charge in [0.1, 0.15) is 35.4 Å². The topological polar surface area (TPSA) is 160 Å². The first kappa shape index (κ1) is 37.4. The third-order valence-corrected chi connectivity index (χ3v) is 7.89. The summed E-state index contributed by atoms with van der Waals surface area (Å²) in [5.74, 6) is -5.29. The van der Waals surface area contributed by atoms with Crippen LogP contribution in [0.15, 0.2) is 60.7 Å². The average Bonchev–Trinajstić information content (AvgIpc) is 3.47. The molecule has 0 fully saturated rings. The number of hydrogen-bond donors (Lipinski definition) is 3. The van der Waals surface area contributed by atoms with E-state index in [-0.39, 0.29) is 30.4 Å². The quantitative estimate of drug-likeness (QED) is 0.0743. The van der Waals surface area contributed by atoms with Gasteiger partial charge in [-0.15, -0.1) is 11.3 Å². The number of carbonyl (C=O) groups is 4. The standard InChI is InChI=1S/C29H32FN3O5S.C2HF3O2/c1-4-29(5-2,28(36)33(3)17-25(34)37-18-19-9-7-6-8-10-19)16-21-12-14-24(39-21)27(35)38-20-11-13-22(26(31)32)23(30)15-20;3-2(4,5)1(6)7/h6-15H,4-5,16-18H2,1-3H3,(H3,31,32);(H,6,7). The SMILES string of the molecule is CCC(CC)(Cc1ccc(C(=O)Oc2ccc(C(=N)N)c(F)c2)s1)C(=O)N(C)CC(=O)OCc1ccccc1.O=C(O)C(F)(F)F. The van der Waals surface area contributed by atoms with E-state index < -0.39 is 41.2 Å². The lowest BCUT2D eigenvalue weighted by Crippen LogP contribution is -2.45. The van der Waals surface area contributed by atoms with Crippen LogP contribution in [0.1, 0.15) is 52.4 Å². The van der Waals surface area contributed by atoms with Gasteiger partial charge in [-0.3, -0.25) is 15.0 Å². The van der Waals surface area contributed by atoms with Crippen molar-refractivity contribution in [3.63, 3.8) is 0 Å². The average molecular weight is 668 g/mol. The zero-order valence-corrected chi connectivity index (χ0v) is 26.0. The summed E-state index contributed by atoms with van der Waals surface area (Å²) in [6, 6.07) is 16.3. The number of nitrogens with zero attached hydrogens (tertiary/aromatic N) is 1. The van der Waals surface area contributed by atoms with Crippen molar-refractivity contribution in [2.45, 2.75) is 45.9 Å². The van der Waals surface area contributed by atoms with E-state index in [4.69, 9.17) is 30.5 Å². The number of carbonyl (C=O) groups excluding carboxylic acids is 3. The highest BCUT2D eigenvalue weighted by Crippen LogP contribution is 2.35. The van der Waals surface area contributed by atoms with E-state index in [2.05, 4.69) is 0 Å². The molecule has 0 bridgehead atoms. The highest BCUT2D eigenvalue weighted by atomic mass is 32.1. The number of halogens is 4. The van der Waals surface area contributed by atoms with Crippen LogP contribution in [-0.4, -0.2) is 59.4 Å². The van der Waals surface area contributed by atoms with E-state index in [1.165, 1.54) is 28.4 Å². The Balaban J connectivity index is 0.000000942. The number of hydrogen-bond acceptors (Lipinski definition) is 8. The van der Waals surface area contributed by atoms with Crippen molar-refractivity contribution in [3.8, 4) is 5.75 Å². The van der Waals surface area contributed by atoms with Crippen LogP contribution in [0.25, 0.3) is 0 Å². The number of rotatable bonds is 12. The van der Waals surface area contributed by atoms with Gasteiger partial charge >= 0.3 is 24.1 Å². The number of nitrogens with two attached hydrogens (primary N) is 1. The lowest BCUT2D eigenvalue weighted by Gasteiger charge is -2.33. The minimum atomic E-state index is -5.08. The summed E-state index contributed by atoms with van der Waals surface area (Å²) in [5, 5.41) is 14.5. The molecule has 2 aromatic carbocycles. The molecule has 3 rings (SSSR count). The molecule has 1 aromatic heterocycles. The Morgan fingerprint density at radius 2 is 1.61 bits per heavy atom. The Kier molecular flexibility index (Phi) is 13.4. The predicted molar refractivity (Wildman–Crippen MR) is 161 cm³/mol. The number of nitrogen functional groups attached to an aromatic ring is 1. The maximum absolute atomic E-state index is 14.1. The molecule has 0 saturated carbocycles. The third-order valence-electron chi connectivity index (χ3n) is 6.82. The van der Waals surface area contributed by atoms with Gasteiger partial charge in [0.2, 0.25) is 5.91 Å². The van der Waals surface area contributed by atoms with Crippen molar-refractivity contribution in [3.05, 3.63) is 87.4 Å². The Morgan fingerprint density at radius 1 is 1.00 bits per heavy atom. The number of likely N-dealkylation sites (N-methyl/N-ethyl adjacent to an activating group) is 1. The van der Waals surface area contributed by atoms with Crippen LogP contribution in [0, 0.1) is 16.6 Å². The normalized spacial score (nSPS) is 11.1. The van der Waals surface area contributed by atoms with Gasteiger partial charge in [-0.2, -0.15) is 13.2 Å². The monoisotopic (exact) mass is 667 g/mol. The molecule has 0 spiro atoms. The van der Waals surface area contributed by atoms with E-state index in [0.29, 0.717) is 24.1 Å². The molecule has 248 valence electrons. The first-order chi connectivity index (χ1) is 21.5. The Morgan fingerprint density at radius 3 is 2.13 bits per heavy atom. The van der Waals surface area contributed by atoms with E-state index >= 15 is 0 Å². The molecule has 0 aliphatic heterocycles. The van der Waals surface area contributed by atoms with E-state index in [1.807, 2.05) is 44.2 Å². The second kappa shape index (κ2) is 16.5. The number of esters is 2. The molecule has 0 atom stereocenters. The predicted octanol–water partition coefficient (Wildman–Crippen LogP) is 5.57. The smallest absolute Gasteiger partial charge is 0.475 e. The number of ether oxygens (including phenoxy) is 2. The largest absolute Gasteiger partial charge is 0.490 e. The van der Waals surface area contributed by atoms with Crippen LogP contribution in [0.2, 0.25) is 0 Å². The van der Waals surface area contributed by atoms with Crippen molar-refractivity contribution in [1.29, 1.82) is 5.41 Å². The fourth-order valence-corrected chi connectivity index (χ4v) is 5.21. The highest BCUT2D eigenvalue weighted by Gasteiger charge is 2.39. The number of alkyl halides is 3. The molecule has 0 unspecified atom stereocenters. The molecular formula is C31H33F4N3O7S. The zero-order chi connectivity index (χ0) is 34.7. The Hall–Kier alpha value is -4.79. The van der Waals surface area contributed by atoms with Gasteiger partial charge in [-0.25, -0.2) is 14.0 Å². The number of nitrogens with one attached hydrogen (secondary N) is 1. The lowest BCUT2D eigenvalue weighted by molar-refractivity contribution is -0.192. The van der Waals surface area contributed by atoms with Crippen LogP contribution >= 0.6 is 11.3 Å². The zero-order valence-electron chi connectivity index (χ0n) is 25.2. The maximum atomic E-state index is 14.1. The molecular weight excluding hydrogens is 634 g/mol. The van der Waals surface area contributed by atoms with Gasteiger partial charge in [-0.1, -0.05) is 44.2 Å². The van der Waals surface area contributed by atoms with Crippen LogP contribution < -0.4 is 10.5 Å². The van der Waals surface area contributed by atoms with Crippen molar-refractivity contribution < 1.29 is 51.3 Å². The van der Waals surface area contributed by atoms with Gasteiger partial charge in [0, 0.05) is 18.0 Å². The second-order valence-electron chi connectivity index (χ2n) is 9.99. The van der Waals surface area contributed by atoms with Gasteiger partial charge < -0.3 is 25.2 Å². The number of amides is 1. The summed E-state index contributed by atoms with van der Waals surface area (Å²) >= 11 is 1.19. The van der Waals surface area contributed by atoms with Crippen LogP contribution in [0.4, 0.5) is 17.6 Å². The molecule has 46 heavy (non-hydrogen) atoms. The maximum Gasteiger partial charge on any atom is 0.490 e. The number of carboxylic acids is 1. The molecule has 4 N–H and O–H groups in total. The Bertz CT molecular complexity index is 1540. The van der Waals surface area contributed by atoms with Crippen LogP contribution in [0.5, 0.6) is 5.75 Å².